The summed E-state index contributed by atoms with van der Waals surface area (Å²) in [5.74, 6) is -3.24. The number of rotatable bonds is 18. The third-order valence-electron chi connectivity index (χ3n) is 11.1. The zero-order valence-corrected chi connectivity index (χ0v) is 29.7. The van der Waals surface area contributed by atoms with Crippen molar-refractivity contribution in [1.29, 1.82) is 0 Å². The number of aliphatic hydroxyl groups excluding tert-OH is 13. The highest BCUT2D eigenvalue weighted by atomic mass is 16.6. The average Bonchev–Trinajstić information content (AvgIpc) is 3.16. The fourth-order valence-corrected chi connectivity index (χ4v) is 7.76. The van der Waals surface area contributed by atoms with E-state index in [0.29, 0.717) is 6.42 Å². The summed E-state index contributed by atoms with van der Waals surface area (Å²) in [4.78, 5) is 0. The van der Waals surface area contributed by atoms with Gasteiger partial charge < -0.3 is 99.5 Å². The van der Waals surface area contributed by atoms with Crippen LogP contribution in [0.3, 0.4) is 0 Å². The van der Waals surface area contributed by atoms with E-state index >= 15 is 0 Å². The summed E-state index contributed by atoms with van der Waals surface area (Å²) < 4.78 is 39.7. The van der Waals surface area contributed by atoms with Gasteiger partial charge in [-0.05, 0) is 6.42 Å². The van der Waals surface area contributed by atoms with Crippen molar-refractivity contribution in [1.82, 2.24) is 0 Å². The zero-order chi connectivity index (χ0) is 39.0. The molecule has 4 aliphatic heterocycles. The van der Waals surface area contributed by atoms with Crippen molar-refractivity contribution >= 4 is 0 Å². The van der Waals surface area contributed by atoms with Gasteiger partial charge >= 0.3 is 0 Å². The Balaban J connectivity index is 1.24. The summed E-state index contributed by atoms with van der Waals surface area (Å²) in [7, 11) is 0. The van der Waals surface area contributed by atoms with Crippen LogP contribution in [0.25, 0.3) is 0 Å². The highest BCUT2D eigenvalue weighted by Crippen LogP contribution is 2.32. The lowest BCUT2D eigenvalue weighted by molar-refractivity contribution is -0.250. The second-order valence-corrected chi connectivity index (χ2v) is 14.4. The van der Waals surface area contributed by atoms with E-state index in [2.05, 4.69) is 0 Å². The summed E-state index contributed by atoms with van der Waals surface area (Å²) in [5, 5.41) is 134. The van der Waals surface area contributed by atoms with Crippen molar-refractivity contribution < 1.29 is 99.5 Å². The van der Waals surface area contributed by atoms with Gasteiger partial charge in [-0.1, -0.05) is 6.92 Å². The Morgan fingerprint density at radius 3 is 0.849 bits per heavy atom. The van der Waals surface area contributed by atoms with Gasteiger partial charge in [-0.25, -0.2) is 0 Å². The van der Waals surface area contributed by atoms with Gasteiger partial charge in [-0.2, -0.15) is 0 Å². The Hall–Kier alpha value is -0.800. The third-order valence-corrected chi connectivity index (χ3v) is 11.1. The number of ether oxygens (including phenoxy) is 7. The Morgan fingerprint density at radius 1 is 0.321 bits per heavy atom. The molecule has 4 heterocycles. The molecule has 4 rings (SSSR count). The van der Waals surface area contributed by atoms with Crippen molar-refractivity contribution in [2.45, 2.75) is 111 Å². The largest absolute Gasteiger partial charge is 0.394 e. The predicted octanol–water partition coefficient (Wildman–Crippen LogP) is -7.17. The smallest absolute Gasteiger partial charge is 0.110 e. The minimum atomic E-state index is -1.51. The van der Waals surface area contributed by atoms with Crippen molar-refractivity contribution in [3.05, 3.63) is 0 Å². The Bertz CT molecular complexity index is 1040. The van der Waals surface area contributed by atoms with Gasteiger partial charge in [0.1, 0.15) is 48.8 Å². The summed E-state index contributed by atoms with van der Waals surface area (Å²) in [6.45, 7) is -2.42. The van der Waals surface area contributed by atoms with Crippen molar-refractivity contribution in [3.8, 4) is 0 Å². The highest BCUT2D eigenvalue weighted by molar-refractivity contribution is 4.96. The molecule has 53 heavy (non-hydrogen) atoms. The molecule has 4 aliphatic rings. The predicted molar refractivity (Wildman–Crippen MR) is 175 cm³/mol. The lowest BCUT2D eigenvalue weighted by Crippen LogP contribution is -2.60. The summed E-state index contributed by atoms with van der Waals surface area (Å²) in [5.41, 5.74) is 0. The Kier molecular flexibility index (Phi) is 17.9. The first-order chi connectivity index (χ1) is 25.4. The van der Waals surface area contributed by atoms with E-state index in [1.165, 1.54) is 0 Å². The molecular weight excluding hydrogens is 716 g/mol. The second kappa shape index (κ2) is 21.1. The summed E-state index contributed by atoms with van der Waals surface area (Å²) in [6, 6.07) is 0. The quantitative estimate of drug-likeness (QED) is 0.0615. The van der Waals surface area contributed by atoms with Gasteiger partial charge in [-0.3, -0.25) is 0 Å². The molecule has 20 atom stereocenters. The van der Waals surface area contributed by atoms with Gasteiger partial charge in [0, 0.05) is 23.7 Å². The maximum atomic E-state index is 10.9. The number of hydrogen-bond acceptors (Lipinski definition) is 20. The van der Waals surface area contributed by atoms with Crippen LogP contribution in [0.15, 0.2) is 0 Å². The van der Waals surface area contributed by atoms with Gasteiger partial charge in [0.25, 0.3) is 0 Å². The van der Waals surface area contributed by atoms with E-state index in [9.17, 15) is 66.4 Å². The maximum absolute atomic E-state index is 10.9. The fraction of sp³-hybridized carbons (Fsp3) is 1.00. The topological polar surface area (TPSA) is 328 Å². The lowest BCUT2D eigenvalue weighted by atomic mass is 9.85. The molecule has 0 radical (unpaired) electrons. The van der Waals surface area contributed by atoms with Crippen LogP contribution >= 0.6 is 0 Å². The molecule has 13 N–H and O–H groups in total. The minimum absolute atomic E-state index is 0.218. The first-order valence-electron chi connectivity index (χ1n) is 18.2. The molecule has 4 fully saturated rings. The number of hydrogen-bond donors (Lipinski definition) is 13. The van der Waals surface area contributed by atoms with Crippen molar-refractivity contribution in [2.75, 3.05) is 72.7 Å². The van der Waals surface area contributed by atoms with Crippen molar-refractivity contribution in [3.63, 3.8) is 0 Å². The summed E-state index contributed by atoms with van der Waals surface area (Å²) in [6.07, 6.45) is -18.8. The first kappa shape index (κ1) is 44.9. The van der Waals surface area contributed by atoms with Crippen LogP contribution in [0, 0.1) is 23.7 Å². The molecule has 0 aromatic rings. The van der Waals surface area contributed by atoms with Crippen LogP contribution in [-0.2, 0) is 33.2 Å². The van der Waals surface area contributed by atoms with E-state index < -0.39 is 148 Å². The van der Waals surface area contributed by atoms with E-state index in [-0.39, 0.29) is 46.2 Å². The van der Waals surface area contributed by atoms with Gasteiger partial charge in [0.2, 0.25) is 0 Å². The zero-order valence-electron chi connectivity index (χ0n) is 29.7. The molecule has 20 nitrogen and oxygen atoms in total. The molecule has 0 aromatic carbocycles. The molecule has 20 heteroatoms. The first-order valence-corrected chi connectivity index (χ1v) is 18.2. The molecule has 0 bridgehead atoms. The molecule has 0 spiro atoms. The van der Waals surface area contributed by atoms with Crippen LogP contribution < -0.4 is 0 Å². The molecule has 312 valence electrons. The highest BCUT2D eigenvalue weighted by Gasteiger charge is 2.49. The average molecular weight is 777 g/mol. The summed E-state index contributed by atoms with van der Waals surface area (Å²) >= 11 is 0. The van der Waals surface area contributed by atoms with Crippen molar-refractivity contribution in [2.24, 2.45) is 23.7 Å². The fourth-order valence-electron chi connectivity index (χ4n) is 7.76. The Labute approximate surface area is 307 Å². The van der Waals surface area contributed by atoms with Crippen LogP contribution in [0.4, 0.5) is 0 Å². The van der Waals surface area contributed by atoms with Gasteiger partial charge in [0.05, 0.1) is 122 Å². The van der Waals surface area contributed by atoms with Gasteiger partial charge in [-0.15, -0.1) is 0 Å². The van der Waals surface area contributed by atoms with E-state index in [1.807, 2.05) is 0 Å². The van der Waals surface area contributed by atoms with Crippen LogP contribution in [0.1, 0.15) is 13.3 Å². The van der Waals surface area contributed by atoms with E-state index in [0.717, 1.165) is 0 Å². The third kappa shape index (κ3) is 10.4. The second-order valence-electron chi connectivity index (χ2n) is 14.4. The Morgan fingerprint density at radius 2 is 0.566 bits per heavy atom. The monoisotopic (exact) mass is 776 g/mol. The molecule has 4 saturated heterocycles. The molecule has 20 unspecified atom stereocenters. The maximum Gasteiger partial charge on any atom is 0.110 e. The lowest BCUT2D eigenvalue weighted by Gasteiger charge is -2.44. The van der Waals surface area contributed by atoms with E-state index in [4.69, 9.17) is 33.2 Å². The molecule has 0 saturated carbocycles. The van der Waals surface area contributed by atoms with Crippen LogP contribution in [0.5, 0.6) is 0 Å². The molecule has 0 aromatic heterocycles. The van der Waals surface area contributed by atoms with Crippen LogP contribution in [-0.4, -0.2) is 237 Å². The molecule has 0 amide bonds. The molecule has 0 aliphatic carbocycles. The van der Waals surface area contributed by atoms with Crippen LogP contribution in [0.2, 0.25) is 0 Å². The normalized spacial score (nSPS) is 46.8. The molecular formula is C33H60O20. The number of aliphatic hydroxyl groups is 13. The SMILES string of the molecule is CCC1C(CO)OC(COCC2C(CO)OC(COCC3C(CO)OC(COCC4C(CO)OC(CO)C(O)C4O)C(O)C3O)C(O)C2O)C(O)C1O. The van der Waals surface area contributed by atoms with Gasteiger partial charge in [0.15, 0.2) is 0 Å². The standard InChI is InChI=1S/C33H60O20/c1-2-14-18(3-34)51-23(31(44)26(14)39)11-48-9-16-20(5-36)53-25(33(46)28(16)41)13-49-10-17-21(6-37)52-24(32(45)29(17)42)12-47-8-15-19(4-35)50-22(7-38)30(43)27(15)40/h14-46H,2-13H2,1H3. The minimum Gasteiger partial charge on any atom is -0.394 e. The van der Waals surface area contributed by atoms with E-state index in [1.54, 1.807) is 6.92 Å².